The fourth-order valence-electron chi connectivity index (χ4n) is 1.85. The van der Waals surface area contributed by atoms with E-state index in [1.54, 1.807) is 11.3 Å². The summed E-state index contributed by atoms with van der Waals surface area (Å²) >= 11 is 1.71. The standard InChI is InChI=1S/C13H15N3O2S/c1-3-10-4-5-19-12(10)8-15-13-9(2)6-11(7-14-13)16(17)18/h4-7H,3,8H2,1-2H3,(H,14,15). The van der Waals surface area contributed by atoms with Gasteiger partial charge in [-0.05, 0) is 35.9 Å². The lowest BCUT2D eigenvalue weighted by Gasteiger charge is -2.08. The van der Waals surface area contributed by atoms with Crippen LogP contribution in [0.4, 0.5) is 11.5 Å². The van der Waals surface area contributed by atoms with Crippen molar-refractivity contribution in [2.24, 2.45) is 0 Å². The Hall–Kier alpha value is -1.95. The van der Waals surface area contributed by atoms with Crippen molar-refractivity contribution in [2.75, 3.05) is 5.32 Å². The lowest BCUT2D eigenvalue weighted by Crippen LogP contribution is -2.04. The maximum absolute atomic E-state index is 10.6. The molecule has 2 aromatic rings. The molecule has 2 aromatic heterocycles. The first-order valence-electron chi connectivity index (χ1n) is 6.02. The summed E-state index contributed by atoms with van der Waals surface area (Å²) in [5.74, 6) is 0.695. The maximum atomic E-state index is 10.6. The number of nitrogens with zero attached hydrogens (tertiary/aromatic N) is 2. The second kappa shape index (κ2) is 5.79. The van der Waals surface area contributed by atoms with Crippen molar-refractivity contribution in [1.29, 1.82) is 0 Å². The third-order valence-electron chi connectivity index (χ3n) is 2.91. The van der Waals surface area contributed by atoms with Crippen LogP contribution in [0.5, 0.6) is 0 Å². The summed E-state index contributed by atoms with van der Waals surface area (Å²) in [6, 6.07) is 3.66. The largest absolute Gasteiger partial charge is 0.365 e. The Bertz CT molecular complexity index is 595. The molecule has 0 saturated heterocycles. The van der Waals surface area contributed by atoms with Crippen LogP contribution >= 0.6 is 11.3 Å². The molecular weight excluding hydrogens is 262 g/mol. The number of thiophene rings is 1. The van der Waals surface area contributed by atoms with Gasteiger partial charge in [0.25, 0.3) is 5.69 Å². The molecule has 0 unspecified atom stereocenters. The minimum atomic E-state index is -0.432. The number of rotatable bonds is 5. The Balaban J connectivity index is 2.10. The first-order valence-corrected chi connectivity index (χ1v) is 6.90. The minimum Gasteiger partial charge on any atom is -0.365 e. The number of hydrogen-bond acceptors (Lipinski definition) is 5. The minimum absolute atomic E-state index is 0.0217. The van der Waals surface area contributed by atoms with Crippen LogP contribution in [0.2, 0.25) is 0 Å². The summed E-state index contributed by atoms with van der Waals surface area (Å²) in [7, 11) is 0. The van der Waals surface area contributed by atoms with Crippen molar-refractivity contribution in [3.05, 3.63) is 49.8 Å². The van der Waals surface area contributed by atoms with Crippen LogP contribution < -0.4 is 5.32 Å². The Morgan fingerprint density at radius 2 is 2.32 bits per heavy atom. The number of aryl methyl sites for hydroxylation is 2. The van der Waals surface area contributed by atoms with Gasteiger partial charge in [-0.1, -0.05) is 6.92 Å². The molecule has 0 amide bonds. The number of nitro groups is 1. The smallest absolute Gasteiger partial charge is 0.287 e. The summed E-state index contributed by atoms with van der Waals surface area (Å²) in [6.45, 7) is 4.64. The molecule has 0 radical (unpaired) electrons. The monoisotopic (exact) mass is 277 g/mol. The number of anilines is 1. The highest BCUT2D eigenvalue weighted by molar-refractivity contribution is 7.10. The summed E-state index contributed by atoms with van der Waals surface area (Å²) < 4.78 is 0. The summed E-state index contributed by atoms with van der Waals surface area (Å²) in [4.78, 5) is 15.6. The van der Waals surface area contributed by atoms with E-state index in [4.69, 9.17) is 0 Å². The second-order valence-corrected chi connectivity index (χ2v) is 5.19. The number of pyridine rings is 1. The van der Waals surface area contributed by atoms with Gasteiger partial charge in [0.1, 0.15) is 12.0 Å². The van der Waals surface area contributed by atoms with E-state index < -0.39 is 4.92 Å². The van der Waals surface area contributed by atoms with Gasteiger partial charge < -0.3 is 5.32 Å². The van der Waals surface area contributed by atoms with Crippen LogP contribution in [0.15, 0.2) is 23.7 Å². The second-order valence-electron chi connectivity index (χ2n) is 4.19. The molecule has 0 aliphatic carbocycles. The molecule has 0 bridgehead atoms. The number of aromatic nitrogens is 1. The SMILES string of the molecule is CCc1ccsc1CNc1ncc([N+](=O)[O-])cc1C. The summed E-state index contributed by atoms with van der Waals surface area (Å²) in [5, 5.41) is 15.9. The zero-order valence-electron chi connectivity index (χ0n) is 10.8. The van der Waals surface area contributed by atoms with E-state index in [0.29, 0.717) is 12.4 Å². The van der Waals surface area contributed by atoms with Crippen molar-refractivity contribution >= 4 is 22.8 Å². The predicted molar refractivity (Wildman–Crippen MR) is 76.7 cm³/mol. The molecule has 0 saturated carbocycles. The Kier molecular flexibility index (Phi) is 4.11. The zero-order valence-corrected chi connectivity index (χ0v) is 11.7. The molecule has 0 aliphatic heterocycles. The van der Waals surface area contributed by atoms with Crippen LogP contribution in [-0.2, 0) is 13.0 Å². The van der Waals surface area contributed by atoms with Gasteiger partial charge in [-0.15, -0.1) is 11.3 Å². The Morgan fingerprint density at radius 1 is 1.53 bits per heavy atom. The van der Waals surface area contributed by atoms with Gasteiger partial charge in [0, 0.05) is 10.9 Å². The molecule has 0 atom stereocenters. The van der Waals surface area contributed by atoms with Crippen LogP contribution in [0.3, 0.4) is 0 Å². The molecule has 100 valence electrons. The van der Waals surface area contributed by atoms with Crippen molar-refractivity contribution in [2.45, 2.75) is 26.8 Å². The molecule has 2 heterocycles. The number of nitrogens with one attached hydrogen (secondary N) is 1. The van der Waals surface area contributed by atoms with Gasteiger partial charge in [-0.25, -0.2) is 4.98 Å². The van der Waals surface area contributed by atoms with Gasteiger partial charge in [0.15, 0.2) is 0 Å². The average molecular weight is 277 g/mol. The van der Waals surface area contributed by atoms with E-state index in [0.717, 1.165) is 12.0 Å². The Morgan fingerprint density at radius 3 is 2.95 bits per heavy atom. The molecule has 0 aliphatic rings. The van der Waals surface area contributed by atoms with E-state index in [1.165, 1.54) is 22.7 Å². The average Bonchev–Trinajstić information content (AvgIpc) is 2.84. The summed E-state index contributed by atoms with van der Waals surface area (Å²) in [5.41, 5.74) is 2.13. The van der Waals surface area contributed by atoms with Gasteiger partial charge in [0.05, 0.1) is 11.5 Å². The third kappa shape index (κ3) is 3.08. The van der Waals surface area contributed by atoms with Crippen LogP contribution in [0, 0.1) is 17.0 Å². The number of hydrogen-bond donors (Lipinski definition) is 1. The quantitative estimate of drug-likeness (QED) is 0.670. The molecule has 0 spiro atoms. The van der Waals surface area contributed by atoms with Gasteiger partial charge in [-0.2, -0.15) is 0 Å². The molecule has 5 nitrogen and oxygen atoms in total. The first-order chi connectivity index (χ1) is 9.11. The third-order valence-corrected chi connectivity index (χ3v) is 3.87. The predicted octanol–water partition coefficient (Wildman–Crippen LogP) is 3.53. The molecule has 1 N–H and O–H groups in total. The normalized spacial score (nSPS) is 10.4. The zero-order chi connectivity index (χ0) is 13.8. The highest BCUT2D eigenvalue weighted by Gasteiger charge is 2.10. The van der Waals surface area contributed by atoms with Crippen LogP contribution in [0.1, 0.15) is 22.9 Å². The fraction of sp³-hybridized carbons (Fsp3) is 0.308. The van der Waals surface area contributed by atoms with Crippen LogP contribution in [-0.4, -0.2) is 9.91 Å². The van der Waals surface area contributed by atoms with Crippen LogP contribution in [0.25, 0.3) is 0 Å². The first kappa shape index (κ1) is 13.5. The van der Waals surface area contributed by atoms with Crippen molar-refractivity contribution in [3.63, 3.8) is 0 Å². The van der Waals surface area contributed by atoms with Crippen molar-refractivity contribution in [1.82, 2.24) is 4.98 Å². The molecule has 0 aromatic carbocycles. The topological polar surface area (TPSA) is 68.1 Å². The van der Waals surface area contributed by atoms with Gasteiger partial charge in [-0.3, -0.25) is 10.1 Å². The lowest BCUT2D eigenvalue weighted by atomic mass is 10.2. The molecule has 2 rings (SSSR count). The Labute approximate surface area is 115 Å². The highest BCUT2D eigenvalue weighted by Crippen LogP contribution is 2.21. The maximum Gasteiger partial charge on any atom is 0.287 e. The van der Waals surface area contributed by atoms with E-state index in [2.05, 4.69) is 28.7 Å². The molecule has 6 heteroatoms. The van der Waals surface area contributed by atoms with E-state index >= 15 is 0 Å². The van der Waals surface area contributed by atoms with Crippen molar-refractivity contribution < 1.29 is 4.92 Å². The lowest BCUT2D eigenvalue weighted by molar-refractivity contribution is -0.385. The molecule has 19 heavy (non-hydrogen) atoms. The van der Waals surface area contributed by atoms with Gasteiger partial charge >= 0.3 is 0 Å². The van der Waals surface area contributed by atoms with E-state index in [-0.39, 0.29) is 5.69 Å². The highest BCUT2D eigenvalue weighted by atomic mass is 32.1. The van der Waals surface area contributed by atoms with E-state index in [9.17, 15) is 10.1 Å². The van der Waals surface area contributed by atoms with E-state index in [1.807, 2.05) is 6.92 Å². The fourth-order valence-corrected chi connectivity index (χ4v) is 2.76. The van der Waals surface area contributed by atoms with Gasteiger partial charge in [0.2, 0.25) is 0 Å². The summed E-state index contributed by atoms with van der Waals surface area (Å²) in [6.07, 6.45) is 2.29. The molecule has 0 fully saturated rings. The molecular formula is C13H15N3O2S. The van der Waals surface area contributed by atoms with Crippen molar-refractivity contribution in [3.8, 4) is 0 Å².